The Balaban J connectivity index is 2.27. The lowest BCUT2D eigenvalue weighted by Gasteiger charge is -2.24. The van der Waals surface area contributed by atoms with E-state index in [1.165, 1.54) is 12.3 Å². The van der Waals surface area contributed by atoms with E-state index >= 15 is 0 Å². The molecule has 0 aliphatic heterocycles. The van der Waals surface area contributed by atoms with Crippen LogP contribution in [0, 0.1) is 5.92 Å². The molecule has 2 amide bonds. The number of benzene rings is 2. The molecule has 0 heterocycles. The van der Waals surface area contributed by atoms with E-state index in [1.54, 1.807) is 0 Å². The van der Waals surface area contributed by atoms with Crippen LogP contribution >= 0.6 is 0 Å². The molecule has 0 saturated carbocycles. The van der Waals surface area contributed by atoms with Crippen LogP contribution in [0.5, 0.6) is 0 Å². The SMILES string of the molecule is C=C/C=N\NC(=O)[C@@H](NC(=O)C(c1ccccc1)c1ccccc1)C(C)C. The monoisotopic (exact) mass is 363 g/mol. The molecule has 5 heteroatoms. The number of carbonyl (C=O) groups excluding carboxylic acids is 2. The maximum absolute atomic E-state index is 13.1. The molecule has 2 N–H and O–H groups in total. The van der Waals surface area contributed by atoms with E-state index in [4.69, 9.17) is 0 Å². The van der Waals surface area contributed by atoms with Gasteiger partial charge in [-0.1, -0.05) is 81.1 Å². The minimum atomic E-state index is -0.700. The molecule has 2 aromatic rings. The first kappa shape index (κ1) is 20.1. The fraction of sp³-hybridized carbons (Fsp3) is 0.227. The molecule has 27 heavy (non-hydrogen) atoms. The van der Waals surface area contributed by atoms with Crippen molar-refractivity contribution >= 4 is 18.0 Å². The Hall–Kier alpha value is -3.21. The Bertz CT molecular complexity index is 746. The minimum absolute atomic E-state index is 0.0972. The number of hydrazone groups is 1. The average molecular weight is 363 g/mol. The predicted molar refractivity (Wildman–Crippen MR) is 108 cm³/mol. The van der Waals surface area contributed by atoms with Gasteiger partial charge in [-0.15, -0.1) is 0 Å². The van der Waals surface area contributed by atoms with Gasteiger partial charge in [0.1, 0.15) is 6.04 Å². The smallest absolute Gasteiger partial charge is 0.262 e. The molecule has 0 radical (unpaired) electrons. The third-order valence-electron chi connectivity index (χ3n) is 4.13. The molecule has 2 aromatic carbocycles. The number of nitrogens with one attached hydrogen (secondary N) is 2. The molecular formula is C22H25N3O2. The highest BCUT2D eigenvalue weighted by molar-refractivity contribution is 5.92. The summed E-state index contributed by atoms with van der Waals surface area (Å²) in [5, 5.41) is 6.66. The van der Waals surface area contributed by atoms with Gasteiger partial charge in [-0.25, -0.2) is 5.43 Å². The van der Waals surface area contributed by atoms with Crippen LogP contribution in [-0.4, -0.2) is 24.1 Å². The van der Waals surface area contributed by atoms with Gasteiger partial charge >= 0.3 is 0 Å². The van der Waals surface area contributed by atoms with E-state index in [-0.39, 0.29) is 17.7 Å². The molecule has 5 nitrogen and oxygen atoms in total. The fourth-order valence-electron chi connectivity index (χ4n) is 2.78. The molecule has 0 bridgehead atoms. The number of hydrogen-bond acceptors (Lipinski definition) is 3. The minimum Gasteiger partial charge on any atom is -0.343 e. The Morgan fingerprint density at radius 3 is 1.89 bits per heavy atom. The first-order valence-corrected chi connectivity index (χ1v) is 8.88. The second kappa shape index (κ2) is 10.1. The zero-order valence-electron chi connectivity index (χ0n) is 15.6. The lowest BCUT2D eigenvalue weighted by molar-refractivity contribution is -0.130. The second-order valence-electron chi connectivity index (χ2n) is 6.47. The van der Waals surface area contributed by atoms with Gasteiger partial charge in [0.2, 0.25) is 5.91 Å². The van der Waals surface area contributed by atoms with Crippen LogP contribution in [0.1, 0.15) is 30.9 Å². The highest BCUT2D eigenvalue weighted by atomic mass is 16.2. The number of amides is 2. The normalized spacial score (nSPS) is 12.1. The van der Waals surface area contributed by atoms with Gasteiger partial charge in [-0.3, -0.25) is 9.59 Å². The molecule has 0 aliphatic carbocycles. The van der Waals surface area contributed by atoms with Crippen LogP contribution in [0.3, 0.4) is 0 Å². The van der Waals surface area contributed by atoms with Crippen molar-refractivity contribution in [1.82, 2.24) is 10.7 Å². The van der Waals surface area contributed by atoms with Gasteiger partial charge in [0.15, 0.2) is 0 Å². The van der Waals surface area contributed by atoms with E-state index in [2.05, 4.69) is 22.4 Å². The van der Waals surface area contributed by atoms with Gasteiger partial charge in [0.05, 0.1) is 5.92 Å². The molecule has 1 atom stereocenters. The quantitative estimate of drug-likeness (QED) is 0.558. The molecular weight excluding hydrogens is 338 g/mol. The van der Waals surface area contributed by atoms with Crippen molar-refractivity contribution < 1.29 is 9.59 Å². The maximum atomic E-state index is 13.1. The summed E-state index contributed by atoms with van der Waals surface area (Å²) in [4.78, 5) is 25.6. The highest BCUT2D eigenvalue weighted by Gasteiger charge is 2.29. The number of allylic oxidation sites excluding steroid dienone is 1. The summed E-state index contributed by atoms with van der Waals surface area (Å²) < 4.78 is 0. The summed E-state index contributed by atoms with van der Waals surface area (Å²) in [7, 11) is 0. The standard InChI is InChI=1S/C22H25N3O2/c1-4-15-23-25-22(27)20(16(2)3)24-21(26)19(17-11-7-5-8-12-17)18-13-9-6-10-14-18/h4-16,19-20H,1H2,2-3H3,(H,24,26)(H,25,27)/b23-15-/t20-/m0/s1. The lowest BCUT2D eigenvalue weighted by Crippen LogP contribution is -2.50. The third kappa shape index (κ3) is 5.64. The third-order valence-corrected chi connectivity index (χ3v) is 4.13. The average Bonchev–Trinajstić information content (AvgIpc) is 2.68. The first-order valence-electron chi connectivity index (χ1n) is 8.88. The summed E-state index contributed by atoms with van der Waals surface area (Å²) in [6.45, 7) is 7.26. The zero-order valence-corrected chi connectivity index (χ0v) is 15.6. The van der Waals surface area contributed by atoms with Gasteiger partial charge in [0.25, 0.3) is 5.91 Å². The summed E-state index contributed by atoms with van der Waals surface area (Å²) in [6, 6.07) is 18.4. The van der Waals surface area contributed by atoms with E-state index in [0.717, 1.165) is 11.1 Å². The van der Waals surface area contributed by atoms with Crippen LogP contribution in [0.25, 0.3) is 0 Å². The zero-order chi connectivity index (χ0) is 19.6. The summed E-state index contributed by atoms with van der Waals surface area (Å²) in [5.74, 6) is -1.19. The molecule has 0 spiro atoms. The van der Waals surface area contributed by atoms with Crippen LogP contribution in [0.2, 0.25) is 0 Å². The van der Waals surface area contributed by atoms with Crippen LogP contribution in [-0.2, 0) is 9.59 Å². The largest absolute Gasteiger partial charge is 0.343 e. The molecule has 0 saturated heterocycles. The van der Waals surface area contributed by atoms with Crippen molar-refractivity contribution in [1.29, 1.82) is 0 Å². The number of carbonyl (C=O) groups is 2. The van der Waals surface area contributed by atoms with E-state index in [9.17, 15) is 9.59 Å². The molecule has 0 unspecified atom stereocenters. The molecule has 0 aliphatic rings. The number of hydrogen-bond donors (Lipinski definition) is 2. The summed E-state index contributed by atoms with van der Waals surface area (Å²) >= 11 is 0. The van der Waals surface area contributed by atoms with Gasteiger partial charge in [-0.2, -0.15) is 5.10 Å². The van der Waals surface area contributed by atoms with Gasteiger partial charge in [-0.05, 0) is 23.1 Å². The van der Waals surface area contributed by atoms with Gasteiger partial charge < -0.3 is 5.32 Å². The summed E-state index contributed by atoms with van der Waals surface area (Å²) in [6.07, 6.45) is 2.85. The van der Waals surface area contributed by atoms with Crippen molar-refractivity contribution in [2.75, 3.05) is 0 Å². The van der Waals surface area contributed by atoms with E-state index in [0.29, 0.717) is 0 Å². The lowest BCUT2D eigenvalue weighted by atomic mass is 9.89. The van der Waals surface area contributed by atoms with E-state index in [1.807, 2.05) is 74.5 Å². The van der Waals surface area contributed by atoms with Crippen molar-refractivity contribution in [2.24, 2.45) is 11.0 Å². The van der Waals surface area contributed by atoms with Crippen molar-refractivity contribution in [3.63, 3.8) is 0 Å². The Kier molecular flexibility index (Phi) is 7.49. The first-order chi connectivity index (χ1) is 13.0. The molecule has 0 aromatic heterocycles. The topological polar surface area (TPSA) is 70.6 Å². The van der Waals surface area contributed by atoms with Crippen molar-refractivity contribution in [2.45, 2.75) is 25.8 Å². The van der Waals surface area contributed by atoms with Crippen LogP contribution in [0.15, 0.2) is 78.4 Å². The molecule has 0 fully saturated rings. The predicted octanol–water partition coefficient (Wildman–Crippen LogP) is 3.25. The Morgan fingerprint density at radius 1 is 0.926 bits per heavy atom. The van der Waals surface area contributed by atoms with Crippen molar-refractivity contribution in [3.8, 4) is 0 Å². The van der Waals surface area contributed by atoms with E-state index < -0.39 is 12.0 Å². The fourth-order valence-corrected chi connectivity index (χ4v) is 2.78. The maximum Gasteiger partial charge on any atom is 0.262 e. The number of nitrogens with zero attached hydrogens (tertiary/aromatic N) is 1. The molecule has 2 rings (SSSR count). The van der Waals surface area contributed by atoms with Crippen LogP contribution in [0.4, 0.5) is 0 Å². The second-order valence-corrected chi connectivity index (χ2v) is 6.47. The van der Waals surface area contributed by atoms with Crippen LogP contribution < -0.4 is 10.7 Å². The Labute approximate surface area is 160 Å². The summed E-state index contributed by atoms with van der Waals surface area (Å²) in [5.41, 5.74) is 4.17. The molecule has 140 valence electrons. The van der Waals surface area contributed by atoms with Gasteiger partial charge in [0, 0.05) is 6.21 Å². The Morgan fingerprint density at radius 2 is 1.44 bits per heavy atom. The number of rotatable bonds is 8. The van der Waals surface area contributed by atoms with Crippen molar-refractivity contribution in [3.05, 3.63) is 84.4 Å². The highest BCUT2D eigenvalue weighted by Crippen LogP contribution is 2.25.